The smallest absolute Gasteiger partial charge is 0.188 e. The summed E-state index contributed by atoms with van der Waals surface area (Å²) in [5.74, 6) is -2.05. The van der Waals surface area contributed by atoms with Crippen LogP contribution in [-0.2, 0) is 4.74 Å². The van der Waals surface area contributed by atoms with E-state index in [1.807, 2.05) is 24.3 Å². The Hall–Kier alpha value is -2.53. The molecule has 24 heavy (non-hydrogen) atoms. The fourth-order valence-corrected chi connectivity index (χ4v) is 2.57. The fourth-order valence-electron chi connectivity index (χ4n) is 2.57. The number of carbonyl (C=O) groups excluding carboxylic acids is 1. The zero-order valence-corrected chi connectivity index (χ0v) is 13.0. The van der Waals surface area contributed by atoms with E-state index in [2.05, 4.69) is 4.90 Å². The molecule has 0 radical (unpaired) electrons. The topological polar surface area (TPSA) is 29.5 Å². The van der Waals surface area contributed by atoms with Gasteiger partial charge in [0.1, 0.15) is 11.6 Å². The standard InChI is InChI=1S/C19H17F2NO2/c20-15-4-7-17(18(21)13-15)19(23)8-3-14-1-5-16(6-2-14)22-9-11-24-12-10-22/h1-8,13H,9-12H2. The van der Waals surface area contributed by atoms with Crippen LogP contribution in [0.4, 0.5) is 14.5 Å². The predicted octanol–water partition coefficient (Wildman–Crippen LogP) is 3.70. The number of halogens is 2. The maximum Gasteiger partial charge on any atom is 0.188 e. The lowest BCUT2D eigenvalue weighted by molar-refractivity contribution is 0.104. The van der Waals surface area contributed by atoms with Crippen molar-refractivity contribution in [1.29, 1.82) is 0 Å². The summed E-state index contributed by atoms with van der Waals surface area (Å²) in [4.78, 5) is 14.2. The third-order valence-electron chi connectivity index (χ3n) is 3.89. The molecule has 2 aromatic rings. The molecule has 0 saturated carbocycles. The number of benzene rings is 2. The van der Waals surface area contributed by atoms with E-state index < -0.39 is 17.4 Å². The average molecular weight is 329 g/mol. The molecule has 1 heterocycles. The van der Waals surface area contributed by atoms with Crippen LogP contribution in [0.25, 0.3) is 6.08 Å². The SMILES string of the molecule is O=C(C=Cc1ccc(N2CCOCC2)cc1)c1ccc(F)cc1F. The van der Waals surface area contributed by atoms with E-state index in [1.54, 1.807) is 6.08 Å². The number of allylic oxidation sites excluding steroid dienone is 1. The first-order chi connectivity index (χ1) is 11.6. The second-order valence-electron chi connectivity index (χ2n) is 5.51. The Morgan fingerprint density at radius 1 is 1.04 bits per heavy atom. The highest BCUT2D eigenvalue weighted by atomic mass is 19.1. The minimum atomic E-state index is -0.854. The molecule has 3 nitrogen and oxygen atoms in total. The van der Waals surface area contributed by atoms with Crippen LogP contribution in [0, 0.1) is 11.6 Å². The first kappa shape index (κ1) is 16.3. The van der Waals surface area contributed by atoms with E-state index in [-0.39, 0.29) is 5.56 Å². The zero-order valence-electron chi connectivity index (χ0n) is 13.0. The highest BCUT2D eigenvalue weighted by molar-refractivity contribution is 6.07. The molecule has 1 aliphatic heterocycles. The molecule has 0 unspecified atom stereocenters. The van der Waals surface area contributed by atoms with Crippen molar-refractivity contribution in [2.75, 3.05) is 31.2 Å². The molecule has 1 fully saturated rings. The summed E-state index contributed by atoms with van der Waals surface area (Å²) in [6.45, 7) is 3.16. The number of anilines is 1. The van der Waals surface area contributed by atoms with Crippen LogP contribution >= 0.6 is 0 Å². The van der Waals surface area contributed by atoms with Crippen molar-refractivity contribution in [2.45, 2.75) is 0 Å². The third-order valence-corrected chi connectivity index (χ3v) is 3.89. The molecule has 1 saturated heterocycles. The van der Waals surface area contributed by atoms with Gasteiger partial charge >= 0.3 is 0 Å². The first-order valence-corrected chi connectivity index (χ1v) is 7.74. The number of hydrogen-bond acceptors (Lipinski definition) is 3. The van der Waals surface area contributed by atoms with Crippen LogP contribution in [-0.4, -0.2) is 32.1 Å². The van der Waals surface area contributed by atoms with Crippen molar-refractivity contribution in [3.8, 4) is 0 Å². The Labute approximate surface area is 139 Å². The molecular weight excluding hydrogens is 312 g/mol. The van der Waals surface area contributed by atoms with E-state index in [4.69, 9.17) is 4.74 Å². The number of ether oxygens (including phenoxy) is 1. The van der Waals surface area contributed by atoms with Gasteiger partial charge in [-0.1, -0.05) is 18.2 Å². The second-order valence-corrected chi connectivity index (χ2v) is 5.51. The number of carbonyl (C=O) groups is 1. The Bertz CT molecular complexity index is 750. The Balaban J connectivity index is 1.68. The quantitative estimate of drug-likeness (QED) is 0.633. The minimum absolute atomic E-state index is 0.141. The van der Waals surface area contributed by atoms with Crippen LogP contribution in [0.5, 0.6) is 0 Å². The molecule has 2 aromatic carbocycles. The summed E-state index contributed by atoms with van der Waals surface area (Å²) in [7, 11) is 0. The van der Waals surface area contributed by atoms with E-state index in [0.717, 1.165) is 49.7 Å². The Kier molecular flexibility index (Phi) is 5.01. The third kappa shape index (κ3) is 3.86. The maximum absolute atomic E-state index is 13.6. The van der Waals surface area contributed by atoms with Crippen molar-refractivity contribution in [1.82, 2.24) is 0 Å². The lowest BCUT2D eigenvalue weighted by atomic mass is 10.1. The molecule has 0 atom stereocenters. The minimum Gasteiger partial charge on any atom is -0.378 e. The summed E-state index contributed by atoms with van der Waals surface area (Å²) < 4.78 is 31.8. The fraction of sp³-hybridized carbons (Fsp3) is 0.211. The van der Waals surface area contributed by atoms with Crippen LogP contribution < -0.4 is 4.90 Å². The molecular formula is C19H17F2NO2. The molecule has 124 valence electrons. The van der Waals surface area contributed by atoms with Gasteiger partial charge in [-0.3, -0.25) is 4.79 Å². The molecule has 0 aromatic heterocycles. The number of hydrogen-bond donors (Lipinski definition) is 0. The monoisotopic (exact) mass is 329 g/mol. The zero-order chi connectivity index (χ0) is 16.9. The molecule has 0 aliphatic carbocycles. The summed E-state index contributed by atoms with van der Waals surface area (Å²) in [6.07, 6.45) is 2.91. The summed E-state index contributed by atoms with van der Waals surface area (Å²) in [5.41, 5.74) is 1.80. The van der Waals surface area contributed by atoms with Crippen molar-refractivity contribution in [3.63, 3.8) is 0 Å². The van der Waals surface area contributed by atoms with Gasteiger partial charge in [-0.15, -0.1) is 0 Å². The summed E-state index contributed by atoms with van der Waals surface area (Å²) >= 11 is 0. The highest BCUT2D eigenvalue weighted by Gasteiger charge is 2.11. The molecule has 0 N–H and O–H groups in total. The molecule has 3 rings (SSSR count). The van der Waals surface area contributed by atoms with Gasteiger partial charge in [0, 0.05) is 24.8 Å². The van der Waals surface area contributed by atoms with Gasteiger partial charge in [0.15, 0.2) is 5.78 Å². The van der Waals surface area contributed by atoms with E-state index >= 15 is 0 Å². The number of morpholine rings is 1. The summed E-state index contributed by atoms with van der Waals surface area (Å²) in [5, 5.41) is 0. The average Bonchev–Trinajstić information content (AvgIpc) is 2.61. The Morgan fingerprint density at radius 2 is 1.75 bits per heavy atom. The number of nitrogens with zero attached hydrogens (tertiary/aromatic N) is 1. The highest BCUT2D eigenvalue weighted by Crippen LogP contribution is 2.18. The molecule has 0 bridgehead atoms. The van der Waals surface area contributed by atoms with E-state index in [1.165, 1.54) is 6.08 Å². The first-order valence-electron chi connectivity index (χ1n) is 7.74. The number of ketones is 1. The normalized spacial score (nSPS) is 15.0. The number of rotatable bonds is 4. The van der Waals surface area contributed by atoms with Gasteiger partial charge in [-0.2, -0.15) is 0 Å². The Morgan fingerprint density at radius 3 is 2.42 bits per heavy atom. The van der Waals surface area contributed by atoms with Gasteiger partial charge in [-0.05, 0) is 35.9 Å². The maximum atomic E-state index is 13.6. The lowest BCUT2D eigenvalue weighted by Gasteiger charge is -2.28. The summed E-state index contributed by atoms with van der Waals surface area (Å²) in [6, 6.07) is 10.7. The van der Waals surface area contributed by atoms with E-state index in [9.17, 15) is 13.6 Å². The van der Waals surface area contributed by atoms with Gasteiger partial charge in [-0.25, -0.2) is 8.78 Å². The van der Waals surface area contributed by atoms with Crippen LogP contribution in [0.3, 0.4) is 0 Å². The second kappa shape index (κ2) is 7.36. The molecule has 1 aliphatic rings. The van der Waals surface area contributed by atoms with Crippen molar-refractivity contribution < 1.29 is 18.3 Å². The van der Waals surface area contributed by atoms with Crippen LogP contribution in [0.1, 0.15) is 15.9 Å². The van der Waals surface area contributed by atoms with Gasteiger partial charge in [0.25, 0.3) is 0 Å². The molecule has 5 heteroatoms. The molecule has 0 spiro atoms. The van der Waals surface area contributed by atoms with Crippen molar-refractivity contribution in [2.24, 2.45) is 0 Å². The predicted molar refractivity (Wildman–Crippen MR) is 89.2 cm³/mol. The van der Waals surface area contributed by atoms with Crippen LogP contribution in [0.2, 0.25) is 0 Å². The van der Waals surface area contributed by atoms with Gasteiger partial charge in [0.05, 0.1) is 18.8 Å². The van der Waals surface area contributed by atoms with Crippen molar-refractivity contribution in [3.05, 3.63) is 71.3 Å². The van der Waals surface area contributed by atoms with Crippen LogP contribution in [0.15, 0.2) is 48.5 Å². The van der Waals surface area contributed by atoms with Gasteiger partial charge < -0.3 is 9.64 Å². The van der Waals surface area contributed by atoms with Gasteiger partial charge in [0.2, 0.25) is 0 Å². The molecule has 0 amide bonds. The largest absolute Gasteiger partial charge is 0.378 e. The lowest BCUT2D eigenvalue weighted by Crippen LogP contribution is -2.36. The van der Waals surface area contributed by atoms with Crippen molar-refractivity contribution >= 4 is 17.5 Å². The van der Waals surface area contributed by atoms with E-state index in [0.29, 0.717) is 6.07 Å².